The third-order valence-corrected chi connectivity index (χ3v) is 20.9. The first-order valence-corrected chi connectivity index (χ1v) is 43.8. The molecule has 0 rings (SSSR count). The Morgan fingerprint density at radius 2 is 0.490 bits per heavy atom. The maximum Gasteiger partial charge on any atom is 0.472 e. The second-order valence-corrected chi connectivity index (χ2v) is 32.8. The van der Waals surface area contributed by atoms with Gasteiger partial charge in [0.1, 0.15) is 19.3 Å². The Kier molecular flexibility index (Phi) is 66.8. The second kappa shape index (κ2) is 68.2. The zero-order valence-electron chi connectivity index (χ0n) is 64.4. The third-order valence-electron chi connectivity index (χ3n) is 19.0. The number of aliphatic hydroxyl groups excluding tert-OH is 1. The van der Waals surface area contributed by atoms with E-state index in [0.29, 0.717) is 31.6 Å². The number of phosphoric acid groups is 2. The summed E-state index contributed by atoms with van der Waals surface area (Å²) in [5.41, 5.74) is 0. The van der Waals surface area contributed by atoms with Gasteiger partial charge in [0.05, 0.1) is 26.4 Å². The van der Waals surface area contributed by atoms with Crippen molar-refractivity contribution in [2.45, 2.75) is 420 Å². The van der Waals surface area contributed by atoms with E-state index in [1.165, 1.54) is 199 Å². The number of hydrogen-bond acceptors (Lipinski definition) is 15. The summed E-state index contributed by atoms with van der Waals surface area (Å²) < 4.78 is 68.5. The molecule has 582 valence electrons. The van der Waals surface area contributed by atoms with Crippen LogP contribution in [-0.2, 0) is 65.4 Å². The normalized spacial score (nSPS) is 14.6. The zero-order valence-corrected chi connectivity index (χ0v) is 66.2. The van der Waals surface area contributed by atoms with Crippen LogP contribution >= 0.6 is 15.6 Å². The summed E-state index contributed by atoms with van der Waals surface area (Å²) in [4.78, 5) is 72.8. The van der Waals surface area contributed by atoms with E-state index in [2.05, 4.69) is 55.4 Å². The van der Waals surface area contributed by atoms with E-state index in [-0.39, 0.29) is 25.7 Å². The van der Waals surface area contributed by atoms with Crippen LogP contribution in [0.1, 0.15) is 402 Å². The van der Waals surface area contributed by atoms with Crippen molar-refractivity contribution in [1.82, 2.24) is 0 Å². The minimum Gasteiger partial charge on any atom is -0.462 e. The van der Waals surface area contributed by atoms with Crippen LogP contribution < -0.4 is 0 Å². The van der Waals surface area contributed by atoms with E-state index < -0.39 is 97.5 Å². The molecule has 0 amide bonds. The first kappa shape index (κ1) is 96.1. The van der Waals surface area contributed by atoms with Gasteiger partial charge in [-0.25, -0.2) is 9.13 Å². The van der Waals surface area contributed by atoms with E-state index in [1.807, 2.05) is 0 Å². The van der Waals surface area contributed by atoms with Gasteiger partial charge in [0, 0.05) is 25.7 Å². The summed E-state index contributed by atoms with van der Waals surface area (Å²) in [6, 6.07) is 0. The highest BCUT2D eigenvalue weighted by Crippen LogP contribution is 2.45. The number of carbonyl (C=O) groups is 4. The van der Waals surface area contributed by atoms with Crippen molar-refractivity contribution < 1.29 is 80.2 Å². The molecule has 98 heavy (non-hydrogen) atoms. The predicted octanol–water partition coefficient (Wildman–Crippen LogP) is 23.2. The molecular formula is C79H154O17P2. The molecular weight excluding hydrogens is 1280 g/mol. The molecule has 0 spiro atoms. The summed E-state index contributed by atoms with van der Waals surface area (Å²) in [7, 11) is -9.91. The SMILES string of the molecule is CCC(C)CCCCCCCCCCCCCCCCC(=O)O[C@H](COC(=O)CCCCCCCCC(C)CC)COP(=O)(O)OC[C@H](O)COP(=O)(O)OC[C@@H](COC(=O)CCCCCCCCCCCCCCCCCCCCC(C)C)OC(=O)CCCCCCCCC(C)C. The Labute approximate surface area is 600 Å². The number of hydrogen-bond donors (Lipinski definition) is 3. The second-order valence-electron chi connectivity index (χ2n) is 29.9. The predicted molar refractivity (Wildman–Crippen MR) is 400 cm³/mol. The topological polar surface area (TPSA) is 237 Å². The van der Waals surface area contributed by atoms with Gasteiger partial charge in [0.25, 0.3) is 0 Å². The molecule has 0 saturated carbocycles. The highest BCUT2D eigenvalue weighted by molar-refractivity contribution is 7.47. The Hall–Kier alpha value is -1.94. The summed E-state index contributed by atoms with van der Waals surface area (Å²) in [5, 5.41) is 10.6. The molecule has 0 radical (unpaired) electrons. The quantitative estimate of drug-likeness (QED) is 0.0222. The molecule has 3 N–H and O–H groups in total. The van der Waals surface area contributed by atoms with Crippen LogP contribution in [0.2, 0.25) is 0 Å². The molecule has 0 aromatic heterocycles. The lowest BCUT2D eigenvalue weighted by Crippen LogP contribution is -2.30. The molecule has 0 fully saturated rings. The molecule has 0 aromatic rings. The first-order chi connectivity index (χ1) is 47.2. The van der Waals surface area contributed by atoms with E-state index >= 15 is 0 Å². The highest BCUT2D eigenvalue weighted by Gasteiger charge is 2.30. The van der Waals surface area contributed by atoms with E-state index in [0.717, 1.165) is 114 Å². The van der Waals surface area contributed by atoms with Crippen molar-refractivity contribution in [1.29, 1.82) is 0 Å². The number of unbranched alkanes of at least 4 members (excludes halogenated alkanes) is 40. The van der Waals surface area contributed by atoms with Crippen molar-refractivity contribution in [2.24, 2.45) is 23.7 Å². The fourth-order valence-electron chi connectivity index (χ4n) is 12.0. The Balaban J connectivity index is 5.12. The molecule has 0 saturated heterocycles. The number of ether oxygens (including phenoxy) is 4. The van der Waals surface area contributed by atoms with Gasteiger partial charge in [-0.15, -0.1) is 0 Å². The van der Waals surface area contributed by atoms with Crippen molar-refractivity contribution in [3.8, 4) is 0 Å². The summed E-state index contributed by atoms with van der Waals surface area (Å²) >= 11 is 0. The average molecular weight is 1440 g/mol. The van der Waals surface area contributed by atoms with Crippen LogP contribution in [0.15, 0.2) is 0 Å². The molecule has 19 heteroatoms. The van der Waals surface area contributed by atoms with Crippen LogP contribution in [-0.4, -0.2) is 96.7 Å². The molecule has 7 atom stereocenters. The Morgan fingerprint density at radius 3 is 0.724 bits per heavy atom. The monoisotopic (exact) mass is 1440 g/mol. The van der Waals surface area contributed by atoms with Crippen molar-refractivity contribution in [2.75, 3.05) is 39.6 Å². The van der Waals surface area contributed by atoms with Gasteiger partial charge in [0.2, 0.25) is 0 Å². The molecule has 4 unspecified atom stereocenters. The summed E-state index contributed by atoms with van der Waals surface area (Å²) in [6.07, 6.45) is 54.4. The average Bonchev–Trinajstić information content (AvgIpc) is 1.02. The lowest BCUT2D eigenvalue weighted by atomic mass is 9.99. The van der Waals surface area contributed by atoms with Crippen LogP contribution in [0.3, 0.4) is 0 Å². The Bertz CT molecular complexity index is 1920. The van der Waals surface area contributed by atoms with Gasteiger partial charge in [-0.3, -0.25) is 37.3 Å². The minimum atomic E-state index is -4.96. The lowest BCUT2D eigenvalue weighted by Gasteiger charge is -2.21. The van der Waals surface area contributed by atoms with Crippen LogP contribution in [0.5, 0.6) is 0 Å². The standard InChI is InChI=1S/C79H154O17P2/c1-9-71(7)57-49-41-32-28-24-20-17-18-22-26-30-34-45-53-61-78(83)95-74(66-90-77(82)60-52-44-38-36-42-50-58-72(8)10-2)67-93-97(85,86)91-63-73(80)64-92-98(87,88)94-68-75(96-79(84)62-54-46-37-35-40-48-56-70(5)6)65-89-76(81)59-51-43-33-29-25-21-16-14-12-11-13-15-19-23-27-31-39-47-55-69(3)4/h69-75,80H,9-68H2,1-8H3,(H,85,86)(H,87,88)/t71?,72?,73-,74+,75+/m0/s1. The molecule has 0 aliphatic rings. The van der Waals surface area contributed by atoms with Gasteiger partial charge >= 0.3 is 39.5 Å². The number of carbonyl (C=O) groups excluding carboxylic acids is 4. The first-order valence-electron chi connectivity index (χ1n) is 40.8. The maximum absolute atomic E-state index is 13.1. The minimum absolute atomic E-state index is 0.102. The number of rotatable bonds is 76. The van der Waals surface area contributed by atoms with E-state index in [1.54, 1.807) is 0 Å². The van der Waals surface area contributed by atoms with Crippen LogP contribution in [0.4, 0.5) is 0 Å². The Morgan fingerprint density at radius 1 is 0.286 bits per heavy atom. The van der Waals surface area contributed by atoms with Gasteiger partial charge < -0.3 is 33.8 Å². The highest BCUT2D eigenvalue weighted by atomic mass is 31.2. The van der Waals surface area contributed by atoms with Crippen LogP contribution in [0, 0.1) is 23.7 Å². The molecule has 0 aromatic carbocycles. The molecule has 0 heterocycles. The molecule has 0 aliphatic heterocycles. The summed E-state index contributed by atoms with van der Waals surface area (Å²) in [5.74, 6) is 0.945. The smallest absolute Gasteiger partial charge is 0.462 e. The molecule has 0 bridgehead atoms. The number of phosphoric ester groups is 2. The zero-order chi connectivity index (χ0) is 72.4. The van der Waals surface area contributed by atoms with Gasteiger partial charge in [-0.2, -0.15) is 0 Å². The van der Waals surface area contributed by atoms with Gasteiger partial charge in [0.15, 0.2) is 12.2 Å². The van der Waals surface area contributed by atoms with Gasteiger partial charge in [-0.05, 0) is 49.4 Å². The van der Waals surface area contributed by atoms with Crippen molar-refractivity contribution >= 4 is 39.5 Å². The fraction of sp³-hybridized carbons (Fsp3) is 0.949. The van der Waals surface area contributed by atoms with Crippen molar-refractivity contribution in [3.63, 3.8) is 0 Å². The fourth-order valence-corrected chi connectivity index (χ4v) is 13.6. The van der Waals surface area contributed by atoms with Crippen LogP contribution in [0.25, 0.3) is 0 Å². The lowest BCUT2D eigenvalue weighted by molar-refractivity contribution is -0.161. The summed E-state index contributed by atoms with van der Waals surface area (Å²) in [6.45, 7) is 14.2. The largest absolute Gasteiger partial charge is 0.472 e. The third kappa shape index (κ3) is 69.8. The number of esters is 4. The maximum atomic E-state index is 13.1. The molecule has 17 nitrogen and oxygen atoms in total. The van der Waals surface area contributed by atoms with E-state index in [9.17, 15) is 43.2 Å². The van der Waals surface area contributed by atoms with Crippen molar-refractivity contribution in [3.05, 3.63) is 0 Å². The number of aliphatic hydroxyl groups is 1. The molecule has 0 aliphatic carbocycles. The van der Waals surface area contributed by atoms with E-state index in [4.69, 9.17) is 37.0 Å². The van der Waals surface area contributed by atoms with Gasteiger partial charge in [-0.1, -0.05) is 351 Å².